The van der Waals surface area contributed by atoms with Crippen molar-refractivity contribution in [1.29, 1.82) is 0 Å². The smallest absolute Gasteiger partial charge is 1.00 e. The minimum absolute atomic E-state index is 0. The Kier molecular flexibility index (Phi) is 17.0. The van der Waals surface area contributed by atoms with E-state index in [1.807, 2.05) is 32.0 Å². The first-order valence-electron chi connectivity index (χ1n) is 4.66. The van der Waals surface area contributed by atoms with Crippen molar-refractivity contribution in [3.8, 4) is 0 Å². The third-order valence-electron chi connectivity index (χ3n) is 1.66. The number of pyridine rings is 2. The number of aromatic nitrogens is 2. The molecule has 0 N–H and O–H groups in total. The van der Waals surface area contributed by atoms with Crippen LogP contribution in [0.2, 0.25) is 0 Å². The van der Waals surface area contributed by atoms with E-state index in [4.69, 9.17) is 0 Å². The van der Waals surface area contributed by atoms with Gasteiger partial charge in [0.25, 0.3) is 0 Å². The predicted molar refractivity (Wildman–Crippen MR) is 84.7 cm³/mol. The van der Waals surface area contributed by atoms with E-state index in [0.717, 1.165) is 20.2 Å². The summed E-state index contributed by atoms with van der Waals surface area (Å²) in [7, 11) is 0. The average molecular weight is 419 g/mol. The van der Waals surface area contributed by atoms with Crippen molar-refractivity contribution in [2.75, 3.05) is 0 Å². The van der Waals surface area contributed by atoms with Gasteiger partial charge in [-0.05, 0) is 35.0 Å². The summed E-state index contributed by atoms with van der Waals surface area (Å²) in [6.07, 6.45) is 6.29. The first kappa shape index (κ1) is 24.3. The van der Waals surface area contributed by atoms with E-state index in [0.29, 0.717) is 0 Å². The van der Waals surface area contributed by atoms with Gasteiger partial charge in [-0.1, -0.05) is 47.1 Å². The fourth-order valence-electron chi connectivity index (χ4n) is 0.922. The normalized spacial score (nSPS) is 7.79. The number of halogens is 3. The number of hydrogen-bond donors (Lipinski definition) is 0. The maximum atomic E-state index is 4.03. The zero-order valence-corrected chi connectivity index (χ0v) is 15.5. The van der Waals surface area contributed by atoms with Gasteiger partial charge in [-0.3, -0.25) is 4.98 Å². The Bertz CT molecular complexity index is 414. The number of hydrogen-bond acceptors (Lipinski definition) is 2. The Balaban J connectivity index is -0.000000233. The zero-order valence-electron chi connectivity index (χ0n) is 10.1. The molecule has 2 nitrogen and oxygen atoms in total. The Morgan fingerprint density at radius 3 is 2.00 bits per heavy atom. The Morgan fingerprint density at radius 1 is 1.05 bits per heavy atom. The fraction of sp³-hybridized carbons (Fsp3) is 0.231. The topological polar surface area (TPSA) is 25.8 Å². The van der Waals surface area contributed by atoms with Gasteiger partial charge >= 0.3 is 23.1 Å². The molecule has 100 valence electrons. The van der Waals surface area contributed by atoms with Gasteiger partial charge in [0, 0.05) is 16.4 Å². The minimum Gasteiger partial charge on any atom is -1.00 e. The summed E-state index contributed by atoms with van der Waals surface area (Å²) >= 11 is 6.56. The minimum atomic E-state index is 0. The largest absolute Gasteiger partial charge is 2.00 e. The van der Waals surface area contributed by atoms with E-state index in [2.05, 4.69) is 48.0 Å². The van der Waals surface area contributed by atoms with Crippen LogP contribution in [0, 0.1) is 20.0 Å². The second-order valence-corrected chi connectivity index (χ2v) is 5.03. The molecule has 0 atom stereocenters. The van der Waals surface area contributed by atoms with Gasteiger partial charge in [0.1, 0.15) is 0 Å². The third kappa shape index (κ3) is 11.8. The van der Waals surface area contributed by atoms with Gasteiger partial charge in [0.05, 0.1) is 0 Å². The number of rotatable bonds is 0. The molecular weight excluding hydrogens is 404 g/mol. The molecule has 2 aromatic rings. The van der Waals surface area contributed by atoms with Crippen LogP contribution in [0.15, 0.2) is 39.5 Å². The summed E-state index contributed by atoms with van der Waals surface area (Å²) in [5.41, 5.74) is 2.10. The quantitative estimate of drug-likeness (QED) is 0.477. The summed E-state index contributed by atoms with van der Waals surface area (Å²) in [5, 5.41) is 0. The van der Waals surface area contributed by atoms with E-state index in [1.54, 1.807) is 12.4 Å². The molecule has 0 radical (unpaired) electrons. The van der Waals surface area contributed by atoms with Crippen molar-refractivity contribution >= 4 is 54.9 Å². The average Bonchev–Trinajstić information content (AvgIpc) is 2.23. The summed E-state index contributed by atoms with van der Waals surface area (Å²) in [6, 6.07) is 5.90. The molecule has 6 heteroatoms. The van der Waals surface area contributed by atoms with Crippen molar-refractivity contribution in [3.05, 3.63) is 57.0 Å². The van der Waals surface area contributed by atoms with Crippen LogP contribution in [0.4, 0.5) is 0 Å². The van der Waals surface area contributed by atoms with Crippen LogP contribution in [-0.2, 0) is 0 Å². The van der Waals surface area contributed by atoms with E-state index >= 15 is 0 Å². The van der Waals surface area contributed by atoms with Gasteiger partial charge in [-0.2, -0.15) is 6.07 Å². The molecule has 2 aromatic heterocycles. The van der Waals surface area contributed by atoms with Gasteiger partial charge in [0.15, 0.2) is 0 Å². The molecule has 0 saturated heterocycles. The van der Waals surface area contributed by atoms with Crippen molar-refractivity contribution in [2.45, 2.75) is 21.3 Å². The van der Waals surface area contributed by atoms with E-state index < -0.39 is 0 Å². The molecule has 0 aliphatic heterocycles. The number of nitrogens with zero attached hydrogens (tertiary/aromatic N) is 2. The molecule has 0 bridgehead atoms. The van der Waals surface area contributed by atoms with E-state index in [1.165, 1.54) is 0 Å². The molecule has 0 saturated carbocycles. The van der Waals surface area contributed by atoms with Crippen LogP contribution in [-0.4, -0.2) is 33.0 Å². The molecule has 0 unspecified atom stereocenters. The Labute approximate surface area is 154 Å². The molecule has 0 aliphatic carbocycles. The van der Waals surface area contributed by atoms with Gasteiger partial charge in [0.2, 0.25) is 0 Å². The van der Waals surface area contributed by atoms with Crippen molar-refractivity contribution in [2.24, 2.45) is 0 Å². The molecule has 0 aliphatic rings. The van der Waals surface area contributed by atoms with Crippen LogP contribution >= 0.6 is 31.9 Å². The van der Waals surface area contributed by atoms with Crippen LogP contribution in [0.25, 0.3) is 0 Å². The first-order chi connectivity index (χ1) is 7.58. The summed E-state index contributed by atoms with van der Waals surface area (Å²) in [5.74, 6) is 0. The summed E-state index contributed by atoms with van der Waals surface area (Å²) in [4.78, 5) is 7.84. The second kappa shape index (κ2) is 13.3. The van der Waals surface area contributed by atoms with Crippen LogP contribution < -0.4 is 12.4 Å². The van der Waals surface area contributed by atoms with Crippen molar-refractivity contribution in [3.63, 3.8) is 0 Å². The monoisotopic (exact) mass is 416 g/mol. The summed E-state index contributed by atoms with van der Waals surface area (Å²) < 4.78 is 2.04. The van der Waals surface area contributed by atoms with Crippen molar-refractivity contribution < 1.29 is 12.4 Å². The van der Waals surface area contributed by atoms with Crippen molar-refractivity contribution in [1.82, 2.24) is 9.97 Å². The molecule has 0 amide bonds. The maximum absolute atomic E-state index is 4.03. The molecule has 0 spiro atoms. The molecule has 0 aromatic carbocycles. The molecule has 0 fully saturated rings. The molecule has 2 rings (SSSR count). The van der Waals surface area contributed by atoms with E-state index in [9.17, 15) is 0 Å². The van der Waals surface area contributed by atoms with Crippen LogP contribution in [0.1, 0.15) is 18.7 Å². The molecular formula is C13H15Br2ClMgN2. The standard InChI is InChI=1S/C6H5BrN.C6H6BrN.CH4.ClH.Mg/c1-5-2-6(7)4-8-3-5;1-5-2-3-6(7)4-8-5;;;/h2,4H,1H3;2-4H,1H3;1H4;1H;/q-1;;;;+2/p-1. The van der Waals surface area contributed by atoms with Crippen LogP contribution in [0.3, 0.4) is 0 Å². The second-order valence-electron chi connectivity index (χ2n) is 3.20. The molecule has 2 heterocycles. The third-order valence-corrected chi connectivity index (χ3v) is 2.56. The SMILES string of the molecule is C.Cc1[c-]ncc(Br)c1.Cc1ccc(Br)cn1.[Cl-].[Mg+2]. The predicted octanol–water partition coefficient (Wildman–Crippen LogP) is 1.36. The maximum Gasteiger partial charge on any atom is 2.00 e. The summed E-state index contributed by atoms with van der Waals surface area (Å²) in [6.45, 7) is 3.92. The Hall–Kier alpha value is 0.316. The number of aryl methyl sites for hydroxylation is 2. The fourth-order valence-corrected chi connectivity index (χ4v) is 1.60. The van der Waals surface area contributed by atoms with Crippen LogP contribution in [0.5, 0.6) is 0 Å². The van der Waals surface area contributed by atoms with Gasteiger partial charge < -0.3 is 17.4 Å². The first-order valence-corrected chi connectivity index (χ1v) is 6.24. The van der Waals surface area contributed by atoms with Gasteiger partial charge in [-0.25, -0.2) is 0 Å². The Morgan fingerprint density at radius 2 is 1.68 bits per heavy atom. The van der Waals surface area contributed by atoms with Gasteiger partial charge in [-0.15, -0.1) is 5.56 Å². The molecule has 19 heavy (non-hydrogen) atoms. The van der Waals surface area contributed by atoms with E-state index in [-0.39, 0.29) is 42.9 Å². The zero-order chi connectivity index (χ0) is 12.0.